The van der Waals surface area contributed by atoms with E-state index in [0.29, 0.717) is 23.2 Å². The molecular formula is C28H26ClNO7S. The highest BCUT2D eigenvalue weighted by molar-refractivity contribution is 7.92. The van der Waals surface area contributed by atoms with Crippen LogP contribution < -0.4 is 4.74 Å². The molecule has 0 saturated heterocycles. The zero-order valence-corrected chi connectivity index (χ0v) is 22.1. The minimum Gasteiger partial charge on any atom is -0.504 e. The van der Waals surface area contributed by atoms with Crippen LogP contribution in [-0.2, 0) is 19.4 Å². The van der Waals surface area contributed by atoms with E-state index in [1.807, 2.05) is 0 Å². The number of nitrogens with one attached hydrogen (secondary N) is 1. The Morgan fingerprint density at radius 2 is 1.79 bits per heavy atom. The molecule has 0 bridgehead atoms. The van der Waals surface area contributed by atoms with Crippen molar-refractivity contribution in [2.75, 3.05) is 19.1 Å². The van der Waals surface area contributed by atoms with E-state index in [4.69, 9.17) is 21.1 Å². The molecule has 0 radical (unpaired) electrons. The van der Waals surface area contributed by atoms with Gasteiger partial charge in [0.15, 0.2) is 32.4 Å². The Morgan fingerprint density at radius 3 is 2.55 bits per heavy atom. The summed E-state index contributed by atoms with van der Waals surface area (Å²) in [6, 6.07) is 16.7. The molecule has 198 valence electrons. The number of esters is 1. The number of ketones is 1. The van der Waals surface area contributed by atoms with Gasteiger partial charge >= 0.3 is 5.97 Å². The topological polar surface area (TPSA) is 123 Å². The number of H-pyrrole nitrogens is 1. The molecule has 1 heterocycles. The summed E-state index contributed by atoms with van der Waals surface area (Å²) in [5.74, 6) is -1.03. The summed E-state index contributed by atoms with van der Waals surface area (Å²) in [5, 5.41) is 9.00. The number of halogens is 1. The number of carbonyl (C=O) groups excluding carboxylic acids is 2. The van der Waals surface area contributed by atoms with Crippen LogP contribution >= 0.6 is 11.6 Å². The van der Waals surface area contributed by atoms with Crippen LogP contribution in [0.1, 0.15) is 40.1 Å². The SMILES string of the molecule is CCOC(=O)C(c1c[nH]c2ccccc12)S(=O)(=O)c1cccc(C(=O)c2ccc(O)c(OCCCCl)c2)c1. The van der Waals surface area contributed by atoms with Crippen LogP contribution in [0.5, 0.6) is 11.5 Å². The number of hydrogen-bond donors (Lipinski definition) is 2. The summed E-state index contributed by atoms with van der Waals surface area (Å²) in [5.41, 5.74) is 1.21. The third kappa shape index (κ3) is 5.54. The molecule has 1 aromatic heterocycles. The first-order chi connectivity index (χ1) is 18.3. The second-order valence-electron chi connectivity index (χ2n) is 8.40. The van der Waals surface area contributed by atoms with Crippen molar-refractivity contribution in [2.24, 2.45) is 0 Å². The number of hydrogen-bond acceptors (Lipinski definition) is 7. The minimum absolute atomic E-state index is 0.00187. The number of aromatic amines is 1. The molecule has 4 aromatic rings. The normalized spacial score (nSPS) is 12.3. The second-order valence-corrected chi connectivity index (χ2v) is 10.8. The average molecular weight is 556 g/mol. The fourth-order valence-electron chi connectivity index (χ4n) is 4.07. The molecule has 1 unspecified atom stereocenters. The van der Waals surface area contributed by atoms with E-state index in [1.54, 1.807) is 31.2 Å². The second kappa shape index (κ2) is 11.7. The molecule has 0 amide bonds. The first kappa shape index (κ1) is 27.2. The number of aromatic nitrogens is 1. The lowest BCUT2D eigenvalue weighted by Gasteiger charge is -2.17. The van der Waals surface area contributed by atoms with Crippen molar-refractivity contribution in [3.05, 3.63) is 89.6 Å². The summed E-state index contributed by atoms with van der Waals surface area (Å²) in [6.45, 7) is 1.86. The number of rotatable bonds is 11. The molecule has 10 heteroatoms. The van der Waals surface area contributed by atoms with Crippen LogP contribution in [0.2, 0.25) is 0 Å². The van der Waals surface area contributed by atoms with Gasteiger partial charge in [-0.2, -0.15) is 0 Å². The molecule has 0 aliphatic rings. The lowest BCUT2D eigenvalue weighted by Crippen LogP contribution is -2.25. The lowest BCUT2D eigenvalue weighted by molar-refractivity contribution is -0.142. The zero-order chi connectivity index (χ0) is 27.3. The summed E-state index contributed by atoms with van der Waals surface area (Å²) >= 11 is 5.66. The molecule has 0 spiro atoms. The highest BCUT2D eigenvalue weighted by Crippen LogP contribution is 2.35. The number of alkyl halides is 1. The van der Waals surface area contributed by atoms with Gasteiger partial charge in [0.25, 0.3) is 0 Å². The Bertz CT molecular complexity index is 1580. The van der Waals surface area contributed by atoms with Gasteiger partial charge in [0, 0.05) is 39.7 Å². The van der Waals surface area contributed by atoms with Gasteiger partial charge in [0.2, 0.25) is 0 Å². The molecule has 0 fully saturated rings. The van der Waals surface area contributed by atoms with Gasteiger partial charge in [-0.3, -0.25) is 9.59 Å². The number of sulfone groups is 1. The number of para-hydroxylation sites is 1. The van der Waals surface area contributed by atoms with E-state index in [9.17, 15) is 23.1 Å². The molecule has 8 nitrogen and oxygen atoms in total. The predicted octanol–water partition coefficient (Wildman–Crippen LogP) is 5.19. The van der Waals surface area contributed by atoms with Crippen LogP contribution in [0.25, 0.3) is 10.9 Å². The molecule has 1 atom stereocenters. The van der Waals surface area contributed by atoms with Crippen molar-refractivity contribution < 1.29 is 32.6 Å². The Kier molecular flexibility index (Phi) is 8.38. The van der Waals surface area contributed by atoms with Gasteiger partial charge in [-0.05, 0) is 49.7 Å². The first-order valence-electron chi connectivity index (χ1n) is 11.9. The van der Waals surface area contributed by atoms with Gasteiger partial charge in [-0.25, -0.2) is 8.42 Å². The van der Waals surface area contributed by atoms with Crippen molar-refractivity contribution >= 4 is 44.1 Å². The lowest BCUT2D eigenvalue weighted by atomic mass is 10.0. The fraction of sp³-hybridized carbons (Fsp3) is 0.214. The number of fused-ring (bicyclic) bond motifs is 1. The zero-order valence-electron chi connectivity index (χ0n) is 20.5. The maximum absolute atomic E-state index is 13.9. The summed E-state index contributed by atoms with van der Waals surface area (Å²) < 4.78 is 38.4. The average Bonchev–Trinajstić information content (AvgIpc) is 3.33. The van der Waals surface area contributed by atoms with Gasteiger partial charge in [0.1, 0.15) is 0 Å². The van der Waals surface area contributed by atoms with E-state index >= 15 is 0 Å². The first-order valence-corrected chi connectivity index (χ1v) is 14.0. The molecule has 0 aliphatic heterocycles. The Morgan fingerprint density at radius 1 is 1.03 bits per heavy atom. The van der Waals surface area contributed by atoms with Gasteiger partial charge in [-0.1, -0.05) is 30.3 Å². The number of aromatic hydroxyl groups is 1. The number of carbonyl (C=O) groups is 2. The summed E-state index contributed by atoms with van der Waals surface area (Å²) in [7, 11) is -4.33. The van der Waals surface area contributed by atoms with Gasteiger partial charge in [0.05, 0.1) is 18.1 Å². The number of phenols is 1. The molecular weight excluding hydrogens is 530 g/mol. The maximum Gasteiger partial charge on any atom is 0.329 e. The van der Waals surface area contributed by atoms with Crippen molar-refractivity contribution in [2.45, 2.75) is 23.5 Å². The standard InChI is InChI=1S/C28H26ClNO7S/c1-2-36-28(33)27(22-17-30-23-10-4-3-9-21(22)23)38(34,35)20-8-5-7-18(15-20)26(32)19-11-12-24(31)25(16-19)37-14-6-13-29/h3-5,7-12,15-17,27,30-31H,2,6,13-14H2,1H3. The van der Waals surface area contributed by atoms with E-state index < -0.39 is 26.8 Å². The highest BCUT2D eigenvalue weighted by atomic mass is 35.5. The largest absolute Gasteiger partial charge is 0.504 e. The maximum atomic E-state index is 13.9. The van der Waals surface area contributed by atoms with E-state index in [1.165, 1.54) is 48.7 Å². The molecule has 2 N–H and O–H groups in total. The molecule has 38 heavy (non-hydrogen) atoms. The molecule has 0 aliphatic carbocycles. The third-order valence-corrected chi connectivity index (χ3v) is 8.14. The minimum atomic E-state index is -4.33. The monoisotopic (exact) mass is 555 g/mol. The van der Waals surface area contributed by atoms with Crippen LogP contribution in [0.15, 0.2) is 77.8 Å². The van der Waals surface area contributed by atoms with Crippen molar-refractivity contribution in [3.8, 4) is 11.5 Å². The molecule has 4 rings (SSSR count). The molecule has 0 saturated carbocycles. The third-order valence-electron chi connectivity index (χ3n) is 5.90. The number of ether oxygens (including phenoxy) is 2. The van der Waals surface area contributed by atoms with E-state index in [-0.39, 0.29) is 46.3 Å². The van der Waals surface area contributed by atoms with Gasteiger partial charge in [-0.15, -0.1) is 11.6 Å². The highest BCUT2D eigenvalue weighted by Gasteiger charge is 2.39. The smallest absolute Gasteiger partial charge is 0.329 e. The van der Waals surface area contributed by atoms with Crippen LogP contribution in [0, 0.1) is 0 Å². The quantitative estimate of drug-likeness (QED) is 0.113. The fourth-order valence-corrected chi connectivity index (χ4v) is 5.87. The van der Waals surface area contributed by atoms with E-state index in [0.717, 1.165) is 0 Å². The van der Waals surface area contributed by atoms with Crippen LogP contribution in [0.3, 0.4) is 0 Å². The van der Waals surface area contributed by atoms with Crippen molar-refractivity contribution in [3.63, 3.8) is 0 Å². The van der Waals surface area contributed by atoms with Crippen LogP contribution in [0.4, 0.5) is 0 Å². The summed E-state index contributed by atoms with van der Waals surface area (Å²) in [4.78, 5) is 29.1. The Hall–Kier alpha value is -3.82. The number of benzene rings is 3. The van der Waals surface area contributed by atoms with Crippen molar-refractivity contribution in [1.29, 1.82) is 0 Å². The predicted molar refractivity (Wildman–Crippen MR) is 144 cm³/mol. The van der Waals surface area contributed by atoms with Crippen molar-refractivity contribution in [1.82, 2.24) is 4.98 Å². The number of phenolic OH excluding ortho intramolecular Hbond substituents is 1. The Labute approximate surface area is 225 Å². The molecule has 3 aromatic carbocycles. The van der Waals surface area contributed by atoms with E-state index in [2.05, 4.69) is 4.98 Å². The summed E-state index contributed by atoms with van der Waals surface area (Å²) in [6.07, 6.45) is 2.04. The van der Waals surface area contributed by atoms with Crippen LogP contribution in [-0.4, -0.2) is 49.4 Å². The Balaban J connectivity index is 1.72. The van der Waals surface area contributed by atoms with Gasteiger partial charge < -0.3 is 19.6 Å².